The molecule has 2 N–H and O–H groups in total. The van der Waals surface area contributed by atoms with Crippen molar-refractivity contribution in [3.8, 4) is 11.5 Å². The van der Waals surface area contributed by atoms with Crippen LogP contribution in [0.25, 0.3) is 0 Å². The Labute approximate surface area is 154 Å². The summed E-state index contributed by atoms with van der Waals surface area (Å²) in [6.45, 7) is 1.03. The van der Waals surface area contributed by atoms with E-state index in [0.29, 0.717) is 18.8 Å². The van der Waals surface area contributed by atoms with Gasteiger partial charge in [-0.15, -0.1) is 0 Å². The number of benzene rings is 1. The Morgan fingerprint density at radius 1 is 1.19 bits per heavy atom. The molecule has 0 spiro atoms. The molecule has 1 aliphatic carbocycles. The summed E-state index contributed by atoms with van der Waals surface area (Å²) >= 11 is 0. The smallest absolute Gasteiger partial charge is 0.243 e. The van der Waals surface area contributed by atoms with Gasteiger partial charge in [0.15, 0.2) is 11.5 Å². The Bertz CT molecular complexity index is 655. The Hall–Kier alpha value is -2.24. The molecule has 6 nitrogen and oxygen atoms in total. The first-order valence-electron chi connectivity index (χ1n) is 9.54. The van der Waals surface area contributed by atoms with Gasteiger partial charge in [0.2, 0.25) is 11.8 Å². The predicted molar refractivity (Wildman–Crippen MR) is 97.8 cm³/mol. The molecular weight excluding hydrogens is 332 g/mol. The molecule has 6 heteroatoms. The second kappa shape index (κ2) is 8.43. The molecule has 26 heavy (non-hydrogen) atoms. The zero-order chi connectivity index (χ0) is 18.5. The SMILES string of the molecule is COc1cc(CNC(=O)[C@H]2CCCN2C(=O)C2CCCCC2)ccc1O. The maximum atomic E-state index is 12.8. The lowest BCUT2D eigenvalue weighted by molar-refractivity contribution is -0.142. The van der Waals surface area contributed by atoms with Crippen LogP contribution in [-0.4, -0.2) is 41.5 Å². The number of hydrogen-bond donors (Lipinski definition) is 2. The van der Waals surface area contributed by atoms with Crippen molar-refractivity contribution in [2.24, 2.45) is 5.92 Å². The van der Waals surface area contributed by atoms with Crippen LogP contribution in [0.4, 0.5) is 0 Å². The molecule has 1 heterocycles. The first-order valence-corrected chi connectivity index (χ1v) is 9.54. The molecule has 0 bridgehead atoms. The Kier molecular flexibility index (Phi) is 6.01. The van der Waals surface area contributed by atoms with Crippen molar-refractivity contribution in [3.05, 3.63) is 23.8 Å². The minimum atomic E-state index is -0.358. The van der Waals surface area contributed by atoms with E-state index in [1.54, 1.807) is 23.1 Å². The number of likely N-dealkylation sites (tertiary alicyclic amines) is 1. The van der Waals surface area contributed by atoms with Crippen LogP contribution in [0.5, 0.6) is 11.5 Å². The molecule has 2 fully saturated rings. The molecule has 3 rings (SSSR count). The van der Waals surface area contributed by atoms with Crippen molar-refractivity contribution in [1.82, 2.24) is 10.2 Å². The van der Waals surface area contributed by atoms with E-state index >= 15 is 0 Å². The zero-order valence-electron chi connectivity index (χ0n) is 15.4. The van der Waals surface area contributed by atoms with E-state index < -0.39 is 0 Å². The van der Waals surface area contributed by atoms with Gasteiger partial charge >= 0.3 is 0 Å². The molecule has 2 aliphatic rings. The summed E-state index contributed by atoms with van der Waals surface area (Å²) in [7, 11) is 1.49. The number of aromatic hydroxyl groups is 1. The minimum absolute atomic E-state index is 0.0719. The van der Waals surface area contributed by atoms with Crippen LogP contribution in [-0.2, 0) is 16.1 Å². The van der Waals surface area contributed by atoms with E-state index in [-0.39, 0.29) is 29.5 Å². The number of rotatable bonds is 5. The maximum absolute atomic E-state index is 12.8. The molecule has 0 unspecified atom stereocenters. The van der Waals surface area contributed by atoms with E-state index in [1.165, 1.54) is 13.5 Å². The molecule has 142 valence electrons. The fourth-order valence-electron chi connectivity index (χ4n) is 4.03. The van der Waals surface area contributed by atoms with Gasteiger partial charge < -0.3 is 20.1 Å². The highest BCUT2D eigenvalue weighted by Crippen LogP contribution is 2.29. The topological polar surface area (TPSA) is 78.9 Å². The van der Waals surface area contributed by atoms with Gasteiger partial charge in [0, 0.05) is 19.0 Å². The monoisotopic (exact) mass is 360 g/mol. The van der Waals surface area contributed by atoms with Gasteiger partial charge in [-0.1, -0.05) is 25.3 Å². The number of nitrogens with zero attached hydrogens (tertiary/aromatic N) is 1. The van der Waals surface area contributed by atoms with Crippen molar-refractivity contribution in [1.29, 1.82) is 0 Å². The molecule has 2 amide bonds. The lowest BCUT2D eigenvalue weighted by atomic mass is 9.88. The summed E-state index contributed by atoms with van der Waals surface area (Å²) in [6.07, 6.45) is 6.96. The summed E-state index contributed by atoms with van der Waals surface area (Å²) in [4.78, 5) is 27.3. The third-order valence-electron chi connectivity index (χ3n) is 5.50. The van der Waals surface area contributed by atoms with E-state index in [1.807, 2.05) is 0 Å². The van der Waals surface area contributed by atoms with Crippen molar-refractivity contribution >= 4 is 11.8 Å². The Morgan fingerprint density at radius 2 is 1.96 bits per heavy atom. The second-order valence-corrected chi connectivity index (χ2v) is 7.25. The lowest BCUT2D eigenvalue weighted by Crippen LogP contribution is -2.47. The summed E-state index contributed by atoms with van der Waals surface area (Å²) < 4.78 is 5.09. The van der Waals surface area contributed by atoms with Crippen LogP contribution < -0.4 is 10.1 Å². The third-order valence-corrected chi connectivity index (χ3v) is 5.50. The largest absolute Gasteiger partial charge is 0.504 e. The highest BCUT2D eigenvalue weighted by atomic mass is 16.5. The predicted octanol–water partition coefficient (Wildman–Crippen LogP) is 2.59. The molecule has 1 saturated heterocycles. The number of carbonyl (C=O) groups is 2. The van der Waals surface area contributed by atoms with Gasteiger partial charge in [0.05, 0.1) is 7.11 Å². The number of ether oxygens (including phenoxy) is 1. The van der Waals surface area contributed by atoms with Crippen molar-refractivity contribution < 1.29 is 19.4 Å². The fraction of sp³-hybridized carbons (Fsp3) is 0.600. The molecule has 1 atom stereocenters. The van der Waals surface area contributed by atoms with Gasteiger partial charge in [-0.3, -0.25) is 9.59 Å². The van der Waals surface area contributed by atoms with Crippen LogP contribution in [0.3, 0.4) is 0 Å². The number of phenols is 1. The summed E-state index contributed by atoms with van der Waals surface area (Å²) in [5, 5.41) is 12.6. The quantitative estimate of drug-likeness (QED) is 0.846. The van der Waals surface area contributed by atoms with Gasteiger partial charge in [0.1, 0.15) is 6.04 Å². The van der Waals surface area contributed by atoms with Crippen molar-refractivity contribution in [3.63, 3.8) is 0 Å². The molecule has 0 aromatic heterocycles. The van der Waals surface area contributed by atoms with Gasteiger partial charge in [0.25, 0.3) is 0 Å². The second-order valence-electron chi connectivity index (χ2n) is 7.25. The van der Waals surface area contributed by atoms with Gasteiger partial charge in [-0.25, -0.2) is 0 Å². The molecule has 1 aromatic carbocycles. The molecule has 1 saturated carbocycles. The zero-order valence-corrected chi connectivity index (χ0v) is 15.4. The molecular formula is C20H28N2O4. The maximum Gasteiger partial charge on any atom is 0.243 e. The van der Waals surface area contributed by atoms with E-state index in [2.05, 4.69) is 5.32 Å². The Morgan fingerprint density at radius 3 is 2.69 bits per heavy atom. The van der Waals surface area contributed by atoms with Crippen LogP contribution in [0.1, 0.15) is 50.5 Å². The molecule has 1 aromatic rings. The number of nitrogens with one attached hydrogen (secondary N) is 1. The van der Waals surface area contributed by atoms with E-state index in [0.717, 1.165) is 44.1 Å². The van der Waals surface area contributed by atoms with Crippen LogP contribution in [0, 0.1) is 5.92 Å². The van der Waals surface area contributed by atoms with Crippen LogP contribution in [0.15, 0.2) is 18.2 Å². The number of phenolic OH excluding ortho intramolecular Hbond substituents is 1. The highest BCUT2D eigenvalue weighted by molar-refractivity contribution is 5.89. The summed E-state index contributed by atoms with van der Waals surface area (Å²) in [5.74, 6) is 0.611. The van der Waals surface area contributed by atoms with Crippen LogP contribution >= 0.6 is 0 Å². The van der Waals surface area contributed by atoms with Gasteiger partial charge in [-0.05, 0) is 43.4 Å². The average molecular weight is 360 g/mol. The normalized spacial score (nSPS) is 20.8. The minimum Gasteiger partial charge on any atom is -0.504 e. The number of hydrogen-bond acceptors (Lipinski definition) is 4. The van der Waals surface area contributed by atoms with Crippen LogP contribution in [0.2, 0.25) is 0 Å². The van der Waals surface area contributed by atoms with Crippen molar-refractivity contribution in [2.75, 3.05) is 13.7 Å². The molecule has 1 aliphatic heterocycles. The average Bonchev–Trinajstić information content (AvgIpc) is 3.17. The lowest BCUT2D eigenvalue weighted by Gasteiger charge is -2.30. The van der Waals surface area contributed by atoms with Gasteiger partial charge in [-0.2, -0.15) is 0 Å². The highest BCUT2D eigenvalue weighted by Gasteiger charge is 2.37. The fourth-order valence-corrected chi connectivity index (χ4v) is 4.03. The number of carbonyl (C=O) groups excluding carboxylic acids is 2. The number of methoxy groups -OCH3 is 1. The van der Waals surface area contributed by atoms with E-state index in [9.17, 15) is 14.7 Å². The molecule has 0 radical (unpaired) electrons. The summed E-state index contributed by atoms with van der Waals surface area (Å²) in [5.41, 5.74) is 0.844. The first-order chi connectivity index (χ1) is 12.6. The third kappa shape index (κ3) is 4.11. The standard InChI is InChI=1S/C20H28N2O4/c1-26-18-12-14(9-10-17(18)23)13-21-19(24)16-8-5-11-22(16)20(25)15-6-3-2-4-7-15/h9-10,12,15-16,23H,2-8,11,13H2,1H3,(H,21,24)/t16-/m1/s1. The number of amides is 2. The van der Waals surface area contributed by atoms with Crippen molar-refractivity contribution in [2.45, 2.75) is 57.5 Å². The summed E-state index contributed by atoms with van der Waals surface area (Å²) in [6, 6.07) is 4.64. The Balaban J connectivity index is 1.58. The van der Waals surface area contributed by atoms with E-state index in [4.69, 9.17) is 4.74 Å². The first kappa shape index (κ1) is 18.5.